The highest BCUT2D eigenvalue weighted by molar-refractivity contribution is 5.68. The molecule has 1 saturated heterocycles. The molecule has 2 aliphatic heterocycles. The van der Waals surface area contributed by atoms with E-state index in [1.165, 1.54) is 11.3 Å². The molecule has 1 amide bonds. The number of rotatable bonds is 4. The highest BCUT2D eigenvalue weighted by Gasteiger charge is 2.34. The maximum atomic E-state index is 12.6. The number of aryl methyl sites for hydroxylation is 1. The maximum Gasteiger partial charge on any atom is 0.410 e. The number of hydrogen-bond acceptors (Lipinski definition) is 5. The Morgan fingerprint density at radius 1 is 1.24 bits per heavy atom. The molecule has 33 heavy (non-hydrogen) atoms. The Kier molecular flexibility index (Phi) is 6.33. The summed E-state index contributed by atoms with van der Waals surface area (Å²) in [6, 6.07) is 2.27. The Morgan fingerprint density at radius 3 is 2.67 bits per heavy atom. The summed E-state index contributed by atoms with van der Waals surface area (Å²) < 4.78 is 15.6. The van der Waals surface area contributed by atoms with Crippen LogP contribution in [0.15, 0.2) is 6.07 Å². The van der Waals surface area contributed by atoms with Gasteiger partial charge in [0.25, 0.3) is 0 Å². The van der Waals surface area contributed by atoms with Crippen LogP contribution in [0.3, 0.4) is 0 Å². The molecule has 1 fully saturated rings. The lowest BCUT2D eigenvalue weighted by molar-refractivity contribution is 0.0288. The summed E-state index contributed by atoms with van der Waals surface area (Å²) in [6.07, 6.45) is 3.34. The van der Waals surface area contributed by atoms with Gasteiger partial charge in [-0.2, -0.15) is 5.10 Å². The van der Waals surface area contributed by atoms with E-state index in [0.717, 1.165) is 49.6 Å². The molecule has 182 valence electrons. The van der Waals surface area contributed by atoms with Gasteiger partial charge in [0, 0.05) is 38.7 Å². The van der Waals surface area contributed by atoms with Crippen LogP contribution in [-0.4, -0.2) is 55.6 Å². The third-order valence-electron chi connectivity index (χ3n) is 6.35. The molecular formula is C25H39N5O3. The van der Waals surface area contributed by atoms with Crippen LogP contribution in [0.2, 0.25) is 0 Å². The van der Waals surface area contributed by atoms with Gasteiger partial charge in [-0.25, -0.2) is 14.5 Å². The monoisotopic (exact) mass is 457 g/mol. The van der Waals surface area contributed by atoms with Gasteiger partial charge in [-0.05, 0) is 50.7 Å². The molecule has 0 aromatic carbocycles. The predicted octanol–water partition coefficient (Wildman–Crippen LogP) is 4.52. The van der Waals surface area contributed by atoms with E-state index in [1.807, 2.05) is 20.8 Å². The molecule has 0 N–H and O–H groups in total. The normalized spacial score (nSPS) is 19.1. The quantitative estimate of drug-likeness (QED) is 0.675. The number of amides is 1. The first kappa shape index (κ1) is 23.8. The molecule has 0 aliphatic carbocycles. The van der Waals surface area contributed by atoms with E-state index in [-0.39, 0.29) is 17.6 Å². The predicted molar refractivity (Wildman–Crippen MR) is 127 cm³/mol. The second-order valence-corrected chi connectivity index (χ2v) is 11.6. The van der Waals surface area contributed by atoms with E-state index in [2.05, 4.69) is 43.1 Å². The second kappa shape index (κ2) is 8.78. The van der Waals surface area contributed by atoms with Gasteiger partial charge in [0.15, 0.2) is 11.6 Å². The molecule has 8 nitrogen and oxygen atoms in total. The molecular weight excluding hydrogens is 418 g/mol. The lowest BCUT2D eigenvalue weighted by Gasteiger charge is -2.24. The smallest absolute Gasteiger partial charge is 0.410 e. The van der Waals surface area contributed by atoms with Crippen LogP contribution in [0.25, 0.3) is 11.5 Å². The zero-order valence-electron chi connectivity index (χ0n) is 21.3. The van der Waals surface area contributed by atoms with Crippen molar-refractivity contribution in [2.75, 3.05) is 19.7 Å². The van der Waals surface area contributed by atoms with Crippen molar-refractivity contribution >= 4 is 6.09 Å². The van der Waals surface area contributed by atoms with Crippen molar-refractivity contribution in [1.29, 1.82) is 0 Å². The van der Waals surface area contributed by atoms with E-state index < -0.39 is 5.60 Å². The SMILES string of the molecule is Cn1c(-c2nc(CCC(C)(C)C)nn2C2CCN(C(=O)OC(C)(C)C)C2)cc2c1CCOC2. The molecule has 0 saturated carbocycles. The summed E-state index contributed by atoms with van der Waals surface area (Å²) in [5.74, 6) is 1.75. The zero-order chi connectivity index (χ0) is 24.0. The van der Waals surface area contributed by atoms with Crippen LogP contribution >= 0.6 is 0 Å². The maximum absolute atomic E-state index is 12.6. The fraction of sp³-hybridized carbons (Fsp3) is 0.720. The Hall–Kier alpha value is -2.35. The Labute approximate surface area is 197 Å². The number of nitrogens with zero attached hydrogens (tertiary/aromatic N) is 5. The minimum atomic E-state index is -0.502. The fourth-order valence-electron chi connectivity index (χ4n) is 4.55. The second-order valence-electron chi connectivity index (χ2n) is 11.6. The average Bonchev–Trinajstić information content (AvgIpc) is 3.42. The summed E-state index contributed by atoms with van der Waals surface area (Å²) in [4.78, 5) is 19.4. The molecule has 0 radical (unpaired) electrons. The van der Waals surface area contributed by atoms with Gasteiger partial charge < -0.3 is 18.9 Å². The van der Waals surface area contributed by atoms with Gasteiger partial charge in [-0.3, -0.25) is 0 Å². The fourth-order valence-corrected chi connectivity index (χ4v) is 4.55. The van der Waals surface area contributed by atoms with E-state index in [1.54, 1.807) is 4.90 Å². The van der Waals surface area contributed by atoms with Crippen LogP contribution < -0.4 is 0 Å². The molecule has 2 aromatic heterocycles. The van der Waals surface area contributed by atoms with Gasteiger partial charge in [0.1, 0.15) is 5.60 Å². The minimum Gasteiger partial charge on any atom is -0.444 e. The molecule has 4 rings (SSSR count). The van der Waals surface area contributed by atoms with Gasteiger partial charge >= 0.3 is 6.09 Å². The van der Waals surface area contributed by atoms with Gasteiger partial charge in [-0.15, -0.1) is 0 Å². The third kappa shape index (κ3) is 5.42. The van der Waals surface area contributed by atoms with Crippen LogP contribution in [0, 0.1) is 5.41 Å². The number of hydrogen-bond donors (Lipinski definition) is 0. The van der Waals surface area contributed by atoms with Gasteiger partial charge in [0.05, 0.1) is 24.9 Å². The van der Waals surface area contributed by atoms with E-state index >= 15 is 0 Å². The molecule has 1 unspecified atom stereocenters. The van der Waals surface area contributed by atoms with Gasteiger partial charge in [0.2, 0.25) is 0 Å². The first-order valence-corrected chi connectivity index (χ1v) is 12.1. The van der Waals surface area contributed by atoms with Crippen molar-refractivity contribution in [3.8, 4) is 11.5 Å². The Balaban J connectivity index is 1.64. The largest absolute Gasteiger partial charge is 0.444 e. The number of carbonyl (C=O) groups excluding carboxylic acids is 1. The minimum absolute atomic E-state index is 0.0755. The summed E-state index contributed by atoms with van der Waals surface area (Å²) >= 11 is 0. The van der Waals surface area contributed by atoms with Crippen LogP contribution in [0.5, 0.6) is 0 Å². The third-order valence-corrected chi connectivity index (χ3v) is 6.35. The van der Waals surface area contributed by atoms with Crippen molar-refractivity contribution in [2.45, 2.75) is 85.5 Å². The number of fused-ring (bicyclic) bond motifs is 1. The molecule has 8 heteroatoms. The van der Waals surface area contributed by atoms with Crippen LogP contribution in [-0.2, 0) is 36.0 Å². The van der Waals surface area contributed by atoms with Crippen molar-refractivity contribution in [2.24, 2.45) is 12.5 Å². The number of likely N-dealkylation sites (tertiary alicyclic amines) is 1. The lowest BCUT2D eigenvalue weighted by atomic mass is 9.90. The van der Waals surface area contributed by atoms with Gasteiger partial charge in [-0.1, -0.05) is 20.8 Å². The first-order chi connectivity index (χ1) is 15.4. The van der Waals surface area contributed by atoms with E-state index in [9.17, 15) is 4.79 Å². The summed E-state index contributed by atoms with van der Waals surface area (Å²) in [6.45, 7) is 15.1. The number of aromatic nitrogens is 4. The molecule has 2 aliphatic rings. The summed E-state index contributed by atoms with van der Waals surface area (Å²) in [5.41, 5.74) is 3.32. The molecule has 4 heterocycles. The van der Waals surface area contributed by atoms with Crippen molar-refractivity contribution in [3.63, 3.8) is 0 Å². The zero-order valence-corrected chi connectivity index (χ0v) is 21.3. The van der Waals surface area contributed by atoms with Crippen molar-refractivity contribution in [3.05, 3.63) is 23.1 Å². The van der Waals surface area contributed by atoms with E-state index in [4.69, 9.17) is 19.6 Å². The molecule has 1 atom stereocenters. The standard InChI is InChI=1S/C25H39N5O3/c1-24(2,3)11-8-21-26-22(20-14-17-16-32-13-10-19(17)28(20)7)30(27-21)18-9-12-29(15-18)23(31)33-25(4,5)6/h14,18H,8-13,15-16H2,1-7H3. The summed E-state index contributed by atoms with van der Waals surface area (Å²) in [7, 11) is 2.11. The topological polar surface area (TPSA) is 74.4 Å². The molecule has 0 spiro atoms. The first-order valence-electron chi connectivity index (χ1n) is 12.1. The lowest BCUT2D eigenvalue weighted by Crippen LogP contribution is -2.35. The Morgan fingerprint density at radius 2 is 2.00 bits per heavy atom. The Bertz CT molecular complexity index is 1010. The van der Waals surface area contributed by atoms with Crippen molar-refractivity contribution < 1.29 is 14.3 Å². The highest BCUT2D eigenvalue weighted by atomic mass is 16.6. The average molecular weight is 458 g/mol. The number of ether oxygens (including phenoxy) is 2. The molecule has 2 aromatic rings. The van der Waals surface area contributed by atoms with E-state index in [0.29, 0.717) is 19.7 Å². The molecule has 0 bridgehead atoms. The summed E-state index contributed by atoms with van der Waals surface area (Å²) in [5, 5.41) is 4.97. The van der Waals surface area contributed by atoms with Crippen LogP contribution in [0.1, 0.15) is 77.5 Å². The highest BCUT2D eigenvalue weighted by Crippen LogP contribution is 2.32. The van der Waals surface area contributed by atoms with Crippen LogP contribution in [0.4, 0.5) is 4.79 Å². The van der Waals surface area contributed by atoms with Crippen molar-refractivity contribution in [1.82, 2.24) is 24.2 Å². The number of carbonyl (C=O) groups is 1.